The van der Waals surface area contributed by atoms with Crippen molar-refractivity contribution in [2.75, 3.05) is 39.3 Å². The van der Waals surface area contributed by atoms with Gasteiger partial charge in [-0.3, -0.25) is 4.99 Å². The van der Waals surface area contributed by atoms with Crippen LogP contribution in [0.1, 0.15) is 47.5 Å². The summed E-state index contributed by atoms with van der Waals surface area (Å²) in [5.41, 5.74) is -0.493. The maximum Gasteiger partial charge on any atom is 0.410 e. The molecule has 1 amide bonds. The van der Waals surface area contributed by atoms with E-state index in [0.29, 0.717) is 26.2 Å². The van der Waals surface area contributed by atoms with E-state index in [9.17, 15) is 9.90 Å². The second kappa shape index (κ2) is 11.8. The number of carbonyl (C=O) groups is 1. The summed E-state index contributed by atoms with van der Waals surface area (Å²) in [6.07, 6.45) is 1.07. The predicted molar refractivity (Wildman–Crippen MR) is 112 cm³/mol. The molecule has 0 unspecified atom stereocenters. The molecule has 1 heterocycles. The molecule has 0 aromatic rings. The summed E-state index contributed by atoms with van der Waals surface area (Å²) < 4.78 is 5.45. The maximum atomic E-state index is 12.2. The monoisotopic (exact) mass is 470 g/mol. The van der Waals surface area contributed by atoms with Crippen molar-refractivity contribution in [1.82, 2.24) is 15.1 Å². The third-order valence-electron chi connectivity index (χ3n) is 3.57. The number of nitrogens with zero attached hydrogens (tertiary/aromatic N) is 3. The van der Waals surface area contributed by atoms with Gasteiger partial charge in [-0.05, 0) is 40.5 Å². The maximum absolute atomic E-state index is 12.2. The SMILES string of the molecule is CCCN(CCN=C(NCC)N1CC[C@@H](O)C1)C(=O)OC(C)(C)C.I. The molecule has 148 valence electrons. The fourth-order valence-corrected chi connectivity index (χ4v) is 2.53. The molecule has 0 saturated carbocycles. The number of hydrogen-bond donors (Lipinski definition) is 2. The Morgan fingerprint density at radius 1 is 1.36 bits per heavy atom. The molecule has 8 heteroatoms. The zero-order valence-electron chi connectivity index (χ0n) is 16.2. The molecule has 25 heavy (non-hydrogen) atoms. The van der Waals surface area contributed by atoms with Gasteiger partial charge in [-0.25, -0.2) is 4.79 Å². The molecule has 1 saturated heterocycles. The molecule has 0 bridgehead atoms. The lowest BCUT2D eigenvalue weighted by molar-refractivity contribution is 0.0256. The summed E-state index contributed by atoms with van der Waals surface area (Å²) in [7, 11) is 0. The third-order valence-corrected chi connectivity index (χ3v) is 3.57. The van der Waals surface area contributed by atoms with Crippen molar-refractivity contribution in [3.8, 4) is 0 Å². The molecule has 1 atom stereocenters. The van der Waals surface area contributed by atoms with Crippen LogP contribution in [0.4, 0.5) is 4.79 Å². The zero-order valence-corrected chi connectivity index (χ0v) is 18.6. The van der Waals surface area contributed by atoms with Crippen LogP contribution in [0.15, 0.2) is 4.99 Å². The first kappa shape index (κ1) is 24.2. The molecular weight excluding hydrogens is 435 g/mol. The number of guanidine groups is 1. The van der Waals surface area contributed by atoms with E-state index >= 15 is 0 Å². The van der Waals surface area contributed by atoms with E-state index in [1.807, 2.05) is 34.6 Å². The number of rotatable bonds is 6. The van der Waals surface area contributed by atoms with Crippen LogP contribution in [-0.4, -0.2) is 77.9 Å². The molecule has 0 aromatic carbocycles. The number of aliphatic hydroxyl groups is 1. The van der Waals surface area contributed by atoms with Crippen LogP contribution in [0.25, 0.3) is 0 Å². The molecule has 1 fully saturated rings. The number of amides is 1. The summed E-state index contributed by atoms with van der Waals surface area (Å²) in [4.78, 5) is 20.6. The first-order valence-corrected chi connectivity index (χ1v) is 8.96. The molecular formula is C17H35IN4O3. The van der Waals surface area contributed by atoms with Crippen LogP contribution >= 0.6 is 24.0 Å². The molecule has 2 N–H and O–H groups in total. The average molecular weight is 470 g/mol. The van der Waals surface area contributed by atoms with Gasteiger partial charge in [0.2, 0.25) is 0 Å². The zero-order chi connectivity index (χ0) is 18.2. The van der Waals surface area contributed by atoms with Crippen LogP contribution in [0.5, 0.6) is 0 Å². The molecule has 1 rings (SSSR count). The van der Waals surface area contributed by atoms with Gasteiger partial charge in [-0.1, -0.05) is 6.92 Å². The van der Waals surface area contributed by atoms with Crippen molar-refractivity contribution in [2.24, 2.45) is 4.99 Å². The van der Waals surface area contributed by atoms with Crippen molar-refractivity contribution >= 4 is 36.0 Å². The number of nitrogens with one attached hydrogen (secondary N) is 1. The first-order chi connectivity index (χ1) is 11.3. The van der Waals surface area contributed by atoms with Crippen LogP contribution in [0.3, 0.4) is 0 Å². The predicted octanol–water partition coefficient (Wildman–Crippen LogP) is 2.28. The molecule has 0 spiro atoms. The Labute approximate surface area is 169 Å². The smallest absolute Gasteiger partial charge is 0.410 e. The first-order valence-electron chi connectivity index (χ1n) is 8.96. The van der Waals surface area contributed by atoms with Gasteiger partial charge in [0.05, 0.1) is 12.6 Å². The fraction of sp³-hybridized carbons (Fsp3) is 0.882. The lowest BCUT2D eigenvalue weighted by Crippen LogP contribution is -2.42. The Morgan fingerprint density at radius 3 is 2.52 bits per heavy atom. The van der Waals surface area contributed by atoms with E-state index in [1.54, 1.807) is 4.90 Å². The molecule has 0 aliphatic carbocycles. The van der Waals surface area contributed by atoms with Crippen molar-refractivity contribution in [3.63, 3.8) is 0 Å². The Kier molecular flexibility index (Phi) is 11.4. The highest BCUT2D eigenvalue weighted by molar-refractivity contribution is 14.0. The number of aliphatic imine (C=N–C) groups is 1. The lowest BCUT2D eigenvalue weighted by Gasteiger charge is -2.27. The summed E-state index contributed by atoms with van der Waals surface area (Å²) in [6, 6.07) is 0. The number of carbonyl (C=O) groups excluding carboxylic acids is 1. The van der Waals surface area contributed by atoms with E-state index in [-0.39, 0.29) is 36.2 Å². The molecule has 0 aromatic heterocycles. The number of likely N-dealkylation sites (tertiary alicyclic amines) is 1. The number of β-amino-alcohol motifs (C(OH)–C–C–N with tert-alkyl or cyclic N) is 1. The quantitative estimate of drug-likeness (QED) is 0.354. The van der Waals surface area contributed by atoms with E-state index in [4.69, 9.17) is 4.74 Å². The van der Waals surface area contributed by atoms with E-state index in [1.165, 1.54) is 0 Å². The standard InChI is InChI=1S/C17H34N4O3.HI/c1-6-10-20(16(23)24-17(3,4)5)12-9-19-15(18-7-2)21-11-8-14(22)13-21;/h14,22H,6-13H2,1-5H3,(H,18,19);1H/t14-;/m1./s1. The van der Waals surface area contributed by atoms with E-state index in [0.717, 1.165) is 31.9 Å². The van der Waals surface area contributed by atoms with Gasteiger partial charge in [-0.2, -0.15) is 0 Å². The van der Waals surface area contributed by atoms with Crippen LogP contribution in [0.2, 0.25) is 0 Å². The van der Waals surface area contributed by atoms with Crippen LogP contribution in [-0.2, 0) is 4.74 Å². The van der Waals surface area contributed by atoms with Gasteiger partial charge in [-0.15, -0.1) is 24.0 Å². The number of halogens is 1. The highest BCUT2D eigenvalue weighted by atomic mass is 127. The largest absolute Gasteiger partial charge is 0.444 e. The third kappa shape index (κ3) is 9.48. The van der Waals surface area contributed by atoms with Crippen LogP contribution in [0, 0.1) is 0 Å². The Morgan fingerprint density at radius 2 is 2.04 bits per heavy atom. The Bertz CT molecular complexity index is 427. The van der Waals surface area contributed by atoms with Crippen molar-refractivity contribution in [3.05, 3.63) is 0 Å². The second-order valence-electron chi connectivity index (χ2n) is 7.09. The average Bonchev–Trinajstić information content (AvgIpc) is 2.90. The molecule has 1 aliphatic rings. The minimum Gasteiger partial charge on any atom is -0.444 e. The van der Waals surface area contributed by atoms with Gasteiger partial charge in [0, 0.05) is 32.7 Å². The summed E-state index contributed by atoms with van der Waals surface area (Å²) in [6.45, 7) is 13.5. The molecule has 0 radical (unpaired) electrons. The van der Waals surface area contributed by atoms with Gasteiger partial charge in [0.15, 0.2) is 5.96 Å². The fourth-order valence-electron chi connectivity index (χ4n) is 2.53. The molecule has 1 aliphatic heterocycles. The van der Waals surface area contributed by atoms with Crippen molar-refractivity contribution < 1.29 is 14.6 Å². The topological polar surface area (TPSA) is 77.4 Å². The number of aliphatic hydroxyl groups excluding tert-OH is 1. The van der Waals surface area contributed by atoms with E-state index in [2.05, 4.69) is 15.2 Å². The normalized spacial score (nSPS) is 17.9. The highest BCUT2D eigenvalue weighted by Crippen LogP contribution is 2.11. The second-order valence-corrected chi connectivity index (χ2v) is 7.09. The van der Waals surface area contributed by atoms with Crippen molar-refractivity contribution in [2.45, 2.75) is 59.2 Å². The summed E-state index contributed by atoms with van der Waals surface area (Å²) in [5, 5.41) is 12.9. The Balaban J connectivity index is 0.00000576. The van der Waals surface area contributed by atoms with Crippen LogP contribution < -0.4 is 5.32 Å². The van der Waals surface area contributed by atoms with E-state index < -0.39 is 5.60 Å². The lowest BCUT2D eigenvalue weighted by atomic mass is 10.2. The van der Waals surface area contributed by atoms with Gasteiger partial charge >= 0.3 is 6.09 Å². The number of hydrogen-bond acceptors (Lipinski definition) is 4. The number of ether oxygens (including phenoxy) is 1. The van der Waals surface area contributed by atoms with Gasteiger partial charge in [0.1, 0.15) is 5.60 Å². The van der Waals surface area contributed by atoms with Gasteiger partial charge < -0.3 is 25.0 Å². The van der Waals surface area contributed by atoms with Gasteiger partial charge in [0.25, 0.3) is 0 Å². The summed E-state index contributed by atoms with van der Waals surface area (Å²) >= 11 is 0. The van der Waals surface area contributed by atoms with Crippen molar-refractivity contribution in [1.29, 1.82) is 0 Å². The molecule has 7 nitrogen and oxygen atoms in total. The minimum absolute atomic E-state index is 0. The summed E-state index contributed by atoms with van der Waals surface area (Å²) in [5.74, 6) is 0.801. The Hall–Kier alpha value is -0.770. The minimum atomic E-state index is -0.493. The highest BCUT2D eigenvalue weighted by Gasteiger charge is 2.24.